The van der Waals surface area contributed by atoms with E-state index in [-0.39, 0.29) is 5.69 Å². The molecule has 2 aromatic carbocycles. The van der Waals surface area contributed by atoms with Crippen LogP contribution < -0.4 is 15.4 Å². The Balaban J connectivity index is 1.88. The number of carbonyl (C=O) groups excluding carboxylic acids is 2. The lowest BCUT2D eigenvalue weighted by molar-refractivity contribution is -0.138. The van der Waals surface area contributed by atoms with Crippen LogP contribution in [0.15, 0.2) is 42.5 Å². The molecule has 0 unspecified atom stereocenters. The van der Waals surface area contributed by atoms with E-state index in [1.54, 1.807) is 24.3 Å². The van der Waals surface area contributed by atoms with Gasteiger partial charge in [0.15, 0.2) is 0 Å². The maximum absolute atomic E-state index is 12.8. The Morgan fingerprint density at radius 1 is 1.10 bits per heavy atom. The SMILES string of the molecule is CCCCOc1ccc(C(=O)NCC(=O)Nc2ccc(O)c(C(F)(F)F)c2)cc1. The zero-order chi connectivity index (χ0) is 21.4. The molecule has 0 radical (unpaired) electrons. The number of phenols is 1. The van der Waals surface area contributed by atoms with Crippen molar-refractivity contribution in [2.24, 2.45) is 0 Å². The highest BCUT2D eigenvalue weighted by atomic mass is 19.4. The highest BCUT2D eigenvalue weighted by Gasteiger charge is 2.34. The van der Waals surface area contributed by atoms with Crippen molar-refractivity contribution < 1.29 is 32.6 Å². The summed E-state index contributed by atoms with van der Waals surface area (Å²) in [4.78, 5) is 24.0. The number of alkyl halides is 3. The molecule has 2 rings (SSSR count). The van der Waals surface area contributed by atoms with Crippen molar-refractivity contribution in [2.45, 2.75) is 25.9 Å². The topological polar surface area (TPSA) is 87.7 Å². The fraction of sp³-hybridized carbons (Fsp3) is 0.300. The van der Waals surface area contributed by atoms with E-state index in [0.29, 0.717) is 24.0 Å². The molecule has 0 saturated carbocycles. The Morgan fingerprint density at radius 3 is 2.41 bits per heavy atom. The van der Waals surface area contributed by atoms with E-state index in [0.717, 1.165) is 25.0 Å². The Bertz CT molecular complexity index is 852. The van der Waals surface area contributed by atoms with Crippen molar-refractivity contribution in [2.75, 3.05) is 18.5 Å². The van der Waals surface area contributed by atoms with Gasteiger partial charge in [-0.1, -0.05) is 13.3 Å². The van der Waals surface area contributed by atoms with Crippen LogP contribution in [0.4, 0.5) is 18.9 Å². The first-order valence-electron chi connectivity index (χ1n) is 8.92. The molecule has 0 aliphatic heterocycles. The average Bonchev–Trinajstić information content (AvgIpc) is 2.67. The number of anilines is 1. The van der Waals surface area contributed by atoms with Crippen LogP contribution in [0.25, 0.3) is 0 Å². The molecule has 0 aliphatic rings. The number of rotatable bonds is 8. The predicted molar refractivity (Wildman–Crippen MR) is 101 cm³/mol. The van der Waals surface area contributed by atoms with Gasteiger partial charge in [0.25, 0.3) is 5.91 Å². The number of carbonyl (C=O) groups is 2. The maximum atomic E-state index is 12.8. The summed E-state index contributed by atoms with van der Waals surface area (Å²) in [7, 11) is 0. The van der Waals surface area contributed by atoms with Crippen LogP contribution in [0.3, 0.4) is 0 Å². The molecule has 0 bridgehead atoms. The number of hydrogen-bond donors (Lipinski definition) is 3. The van der Waals surface area contributed by atoms with Crippen molar-refractivity contribution in [3.8, 4) is 11.5 Å². The summed E-state index contributed by atoms with van der Waals surface area (Å²) in [6, 6.07) is 8.95. The third-order valence-electron chi connectivity index (χ3n) is 3.88. The van der Waals surface area contributed by atoms with Gasteiger partial charge in [-0.2, -0.15) is 13.2 Å². The number of amides is 2. The lowest BCUT2D eigenvalue weighted by atomic mass is 10.1. The number of phenolic OH excluding ortho intramolecular Hbond substituents is 1. The first-order chi connectivity index (χ1) is 13.7. The van der Waals surface area contributed by atoms with Crippen LogP contribution in [0.1, 0.15) is 35.7 Å². The number of halogens is 3. The molecular weight excluding hydrogens is 389 g/mol. The van der Waals surface area contributed by atoms with E-state index in [4.69, 9.17) is 4.74 Å². The van der Waals surface area contributed by atoms with Crippen molar-refractivity contribution in [1.29, 1.82) is 0 Å². The molecular formula is C20H21F3N2O4. The minimum absolute atomic E-state index is 0.150. The quantitative estimate of drug-likeness (QED) is 0.454. The summed E-state index contributed by atoms with van der Waals surface area (Å²) in [5, 5.41) is 13.9. The fourth-order valence-corrected chi connectivity index (χ4v) is 2.35. The van der Waals surface area contributed by atoms with Crippen LogP contribution in [0.5, 0.6) is 11.5 Å². The van der Waals surface area contributed by atoms with Crippen molar-refractivity contribution in [3.63, 3.8) is 0 Å². The summed E-state index contributed by atoms with van der Waals surface area (Å²) in [5.41, 5.74) is -1.10. The Morgan fingerprint density at radius 2 is 1.79 bits per heavy atom. The van der Waals surface area contributed by atoms with Gasteiger partial charge in [0.2, 0.25) is 5.91 Å². The van der Waals surface area contributed by atoms with Crippen molar-refractivity contribution in [3.05, 3.63) is 53.6 Å². The number of unbranched alkanes of at least 4 members (excludes halogenated alkanes) is 1. The number of nitrogens with one attached hydrogen (secondary N) is 2. The minimum atomic E-state index is -4.76. The summed E-state index contributed by atoms with van der Waals surface area (Å²) in [6.45, 7) is 2.19. The third kappa shape index (κ3) is 6.70. The first kappa shape index (κ1) is 22.1. The number of hydrogen-bond acceptors (Lipinski definition) is 4. The standard InChI is InChI=1S/C20H21F3N2O4/c1-2-3-10-29-15-7-4-13(5-8-15)19(28)24-12-18(27)25-14-6-9-17(26)16(11-14)20(21,22)23/h4-9,11,26H,2-3,10,12H2,1H3,(H,24,28)(H,25,27). The average molecular weight is 410 g/mol. The van der Waals surface area contributed by atoms with Gasteiger partial charge in [-0.3, -0.25) is 9.59 Å². The second kappa shape index (κ2) is 9.81. The third-order valence-corrected chi connectivity index (χ3v) is 3.88. The molecule has 6 nitrogen and oxygen atoms in total. The highest BCUT2D eigenvalue weighted by molar-refractivity contribution is 5.99. The molecule has 2 amide bonds. The number of ether oxygens (including phenoxy) is 1. The molecule has 29 heavy (non-hydrogen) atoms. The smallest absolute Gasteiger partial charge is 0.420 e. The molecule has 156 valence electrons. The van der Waals surface area contributed by atoms with Crippen LogP contribution in [-0.4, -0.2) is 30.1 Å². The Labute approximate surface area is 165 Å². The predicted octanol–water partition coefficient (Wildman–Crippen LogP) is 3.96. The van der Waals surface area contributed by atoms with Crippen LogP contribution >= 0.6 is 0 Å². The van der Waals surface area contributed by atoms with E-state index < -0.39 is 35.8 Å². The van der Waals surface area contributed by atoms with E-state index >= 15 is 0 Å². The monoisotopic (exact) mass is 410 g/mol. The van der Waals surface area contributed by atoms with Crippen LogP contribution in [-0.2, 0) is 11.0 Å². The molecule has 0 fully saturated rings. The minimum Gasteiger partial charge on any atom is -0.507 e. The van der Waals surface area contributed by atoms with Gasteiger partial charge in [-0.15, -0.1) is 0 Å². The van der Waals surface area contributed by atoms with Gasteiger partial charge >= 0.3 is 6.18 Å². The molecule has 2 aromatic rings. The zero-order valence-electron chi connectivity index (χ0n) is 15.7. The normalized spacial score (nSPS) is 11.0. The molecule has 3 N–H and O–H groups in total. The van der Waals surface area contributed by atoms with Gasteiger partial charge < -0.3 is 20.5 Å². The number of benzene rings is 2. The van der Waals surface area contributed by atoms with E-state index in [9.17, 15) is 27.9 Å². The maximum Gasteiger partial charge on any atom is 0.420 e. The van der Waals surface area contributed by atoms with Crippen molar-refractivity contribution >= 4 is 17.5 Å². The molecule has 0 aliphatic carbocycles. The summed E-state index contributed by atoms with van der Waals surface area (Å²) < 4.78 is 43.8. The van der Waals surface area contributed by atoms with Gasteiger partial charge in [-0.25, -0.2) is 0 Å². The second-order valence-corrected chi connectivity index (χ2v) is 6.19. The van der Waals surface area contributed by atoms with Gasteiger partial charge in [0, 0.05) is 11.3 Å². The Hall–Kier alpha value is -3.23. The van der Waals surface area contributed by atoms with E-state index in [1.807, 2.05) is 6.92 Å². The summed E-state index contributed by atoms with van der Waals surface area (Å²) in [6.07, 6.45) is -2.83. The lowest BCUT2D eigenvalue weighted by Crippen LogP contribution is -2.32. The number of aromatic hydroxyl groups is 1. The lowest BCUT2D eigenvalue weighted by Gasteiger charge is -2.12. The molecule has 0 spiro atoms. The fourth-order valence-electron chi connectivity index (χ4n) is 2.35. The highest BCUT2D eigenvalue weighted by Crippen LogP contribution is 2.37. The van der Waals surface area contributed by atoms with Crippen LogP contribution in [0, 0.1) is 0 Å². The van der Waals surface area contributed by atoms with Crippen LogP contribution in [0.2, 0.25) is 0 Å². The van der Waals surface area contributed by atoms with E-state index in [1.165, 1.54) is 0 Å². The van der Waals surface area contributed by atoms with E-state index in [2.05, 4.69) is 10.6 Å². The van der Waals surface area contributed by atoms with Crippen molar-refractivity contribution in [1.82, 2.24) is 5.32 Å². The molecule has 0 atom stereocenters. The summed E-state index contributed by atoms with van der Waals surface area (Å²) >= 11 is 0. The first-order valence-corrected chi connectivity index (χ1v) is 8.92. The zero-order valence-corrected chi connectivity index (χ0v) is 15.7. The van der Waals surface area contributed by atoms with Gasteiger partial charge in [-0.05, 0) is 48.9 Å². The Kier molecular flexibility index (Phi) is 7.46. The molecule has 0 saturated heterocycles. The molecule has 0 aromatic heterocycles. The second-order valence-electron chi connectivity index (χ2n) is 6.19. The molecule has 0 heterocycles. The van der Waals surface area contributed by atoms with Gasteiger partial charge in [0.05, 0.1) is 18.7 Å². The molecule has 9 heteroatoms. The largest absolute Gasteiger partial charge is 0.507 e. The summed E-state index contributed by atoms with van der Waals surface area (Å²) in [5.74, 6) is -1.54. The van der Waals surface area contributed by atoms with Gasteiger partial charge in [0.1, 0.15) is 11.5 Å².